The molecule has 5 rings (SSSR count). The van der Waals surface area contributed by atoms with E-state index in [-0.39, 0.29) is 32.2 Å². The van der Waals surface area contributed by atoms with Gasteiger partial charge < -0.3 is 14.6 Å². The molecular weight excluding hydrogens is 548 g/mol. The third kappa shape index (κ3) is 5.57. The average molecular weight is 582 g/mol. The monoisotopic (exact) mass is 581 g/mol. The molecule has 5 heterocycles. The average Bonchev–Trinajstić information content (AvgIpc) is 3.58. The lowest BCUT2D eigenvalue weighted by Gasteiger charge is -2.27. The third-order valence-corrected chi connectivity index (χ3v) is 7.16. The van der Waals surface area contributed by atoms with Crippen molar-refractivity contribution in [2.24, 2.45) is 7.05 Å². The molecule has 1 aliphatic heterocycles. The topological polar surface area (TPSA) is 143 Å². The molecule has 0 fully saturated rings. The zero-order valence-corrected chi connectivity index (χ0v) is 24.1. The number of aromatic amines is 1. The second kappa shape index (κ2) is 11.9. The normalized spacial score (nSPS) is 17.3. The molecule has 0 amide bonds. The van der Waals surface area contributed by atoms with Gasteiger partial charge in [0.25, 0.3) is 6.43 Å². The van der Waals surface area contributed by atoms with Crippen LogP contribution >= 0.6 is 0 Å². The molecule has 4 aromatic rings. The minimum atomic E-state index is -2.61. The number of rotatable bonds is 6. The van der Waals surface area contributed by atoms with Crippen LogP contribution in [0.15, 0.2) is 6.07 Å². The quantitative estimate of drug-likeness (QED) is 0.349. The molecule has 14 heteroatoms. The van der Waals surface area contributed by atoms with Crippen molar-refractivity contribution in [2.45, 2.75) is 52.8 Å². The smallest absolute Gasteiger partial charge is 0.251 e. The highest BCUT2D eigenvalue weighted by Crippen LogP contribution is 2.36. The number of alkyl halides is 2. The van der Waals surface area contributed by atoms with Gasteiger partial charge in [-0.15, -0.1) is 5.10 Å². The number of nitrogens with one attached hydrogen (secondary N) is 1. The Kier molecular flexibility index (Phi) is 8.24. The summed E-state index contributed by atoms with van der Waals surface area (Å²) in [5, 5.41) is 36.6. The van der Waals surface area contributed by atoms with Crippen LogP contribution in [0, 0.1) is 25.2 Å². The van der Waals surface area contributed by atoms with E-state index in [1.807, 2.05) is 32.9 Å². The third-order valence-electron chi connectivity index (χ3n) is 7.16. The summed E-state index contributed by atoms with van der Waals surface area (Å²) in [5.74, 6) is 0.635. The Hall–Kier alpha value is -4.35. The summed E-state index contributed by atoms with van der Waals surface area (Å²) in [5.41, 5.74) is 5.19. The molecular formula is C28H33F2N9O3. The fraction of sp³-hybridized carbons (Fsp3) is 0.464. The van der Waals surface area contributed by atoms with Crippen molar-refractivity contribution >= 4 is 23.1 Å². The van der Waals surface area contributed by atoms with Gasteiger partial charge in [-0.1, -0.05) is 0 Å². The first-order valence-corrected chi connectivity index (χ1v) is 13.6. The molecule has 0 unspecified atom stereocenters. The Labute approximate surface area is 241 Å². The van der Waals surface area contributed by atoms with E-state index in [1.165, 1.54) is 0 Å². The van der Waals surface area contributed by atoms with E-state index in [1.54, 1.807) is 40.4 Å². The molecule has 4 aromatic heterocycles. The van der Waals surface area contributed by atoms with Crippen LogP contribution in [0.5, 0.6) is 11.8 Å². The van der Waals surface area contributed by atoms with Gasteiger partial charge in [0.2, 0.25) is 11.8 Å². The summed E-state index contributed by atoms with van der Waals surface area (Å²) in [6, 6.07) is 3.37. The fourth-order valence-corrected chi connectivity index (χ4v) is 5.31. The van der Waals surface area contributed by atoms with Gasteiger partial charge in [0.15, 0.2) is 6.61 Å². The van der Waals surface area contributed by atoms with Crippen molar-refractivity contribution in [3.05, 3.63) is 34.4 Å². The summed E-state index contributed by atoms with van der Waals surface area (Å²) < 4.78 is 43.0. The Balaban J connectivity index is 1.76. The molecule has 2 bridgehead atoms. The summed E-state index contributed by atoms with van der Waals surface area (Å²) in [4.78, 5) is 6.38. The van der Waals surface area contributed by atoms with Crippen LogP contribution in [0.4, 0.5) is 8.78 Å². The number of halogens is 2. The van der Waals surface area contributed by atoms with Gasteiger partial charge >= 0.3 is 0 Å². The molecule has 0 saturated carbocycles. The maximum Gasteiger partial charge on any atom is 0.251 e. The fourth-order valence-electron chi connectivity index (χ4n) is 5.31. The number of aliphatic hydroxyl groups excluding tert-OH is 1. The van der Waals surface area contributed by atoms with E-state index in [2.05, 4.69) is 20.4 Å². The second-order valence-corrected chi connectivity index (χ2v) is 10.5. The largest absolute Gasteiger partial charge is 0.473 e. The Morgan fingerprint density at radius 2 is 2.05 bits per heavy atom. The number of fused-ring (bicyclic) bond motifs is 4. The first kappa shape index (κ1) is 29.2. The number of hydrogen-bond acceptors (Lipinski definition) is 9. The van der Waals surface area contributed by atoms with Crippen molar-refractivity contribution < 1.29 is 23.4 Å². The van der Waals surface area contributed by atoms with Gasteiger partial charge in [0.1, 0.15) is 17.7 Å². The van der Waals surface area contributed by atoms with Gasteiger partial charge in [-0.05, 0) is 45.9 Å². The van der Waals surface area contributed by atoms with E-state index in [0.29, 0.717) is 51.0 Å². The predicted molar refractivity (Wildman–Crippen MR) is 151 cm³/mol. The van der Waals surface area contributed by atoms with Crippen molar-refractivity contribution in [3.63, 3.8) is 0 Å². The van der Waals surface area contributed by atoms with Crippen LogP contribution in [0.2, 0.25) is 0 Å². The van der Waals surface area contributed by atoms with E-state index in [4.69, 9.17) is 14.5 Å². The molecule has 12 nitrogen and oxygen atoms in total. The van der Waals surface area contributed by atoms with Crippen LogP contribution < -0.4 is 9.47 Å². The highest BCUT2D eigenvalue weighted by molar-refractivity contribution is 5.93. The number of hydrogen-bond donors (Lipinski definition) is 2. The van der Waals surface area contributed by atoms with E-state index in [0.717, 1.165) is 5.39 Å². The number of ether oxygens (including phenoxy) is 2. The predicted octanol–water partition coefficient (Wildman–Crippen LogP) is 3.65. The summed E-state index contributed by atoms with van der Waals surface area (Å²) in [6.07, 6.45) is 0.440. The Bertz CT molecular complexity index is 1670. The zero-order valence-electron chi connectivity index (χ0n) is 24.1. The summed E-state index contributed by atoms with van der Waals surface area (Å²) in [6.45, 7) is 6.49. The first-order chi connectivity index (χ1) is 20.1. The highest BCUT2D eigenvalue weighted by Gasteiger charge is 2.27. The highest BCUT2D eigenvalue weighted by atomic mass is 19.3. The molecule has 2 atom stereocenters. The number of nitrogens with zero attached hydrogens (tertiary/aromatic N) is 8. The number of nitriles is 1. The maximum absolute atomic E-state index is 13.9. The minimum Gasteiger partial charge on any atom is -0.473 e. The lowest BCUT2D eigenvalue weighted by Crippen LogP contribution is -2.38. The first-order valence-electron chi connectivity index (χ1n) is 13.6. The van der Waals surface area contributed by atoms with E-state index < -0.39 is 25.1 Å². The van der Waals surface area contributed by atoms with E-state index >= 15 is 0 Å². The van der Waals surface area contributed by atoms with Crippen molar-refractivity contribution in [3.8, 4) is 29.1 Å². The molecule has 0 aromatic carbocycles. The van der Waals surface area contributed by atoms with Crippen LogP contribution in [0.3, 0.4) is 0 Å². The van der Waals surface area contributed by atoms with E-state index in [9.17, 15) is 19.1 Å². The summed E-state index contributed by atoms with van der Waals surface area (Å²) in [7, 11) is 1.77. The minimum absolute atomic E-state index is 0.0506. The van der Waals surface area contributed by atoms with Gasteiger partial charge in [-0.2, -0.15) is 15.5 Å². The van der Waals surface area contributed by atoms with Crippen LogP contribution in [0.1, 0.15) is 48.2 Å². The number of aryl methyl sites for hydroxylation is 3. The Morgan fingerprint density at radius 1 is 1.26 bits per heavy atom. The molecule has 0 aliphatic carbocycles. The van der Waals surface area contributed by atoms with Crippen LogP contribution in [0.25, 0.3) is 34.3 Å². The van der Waals surface area contributed by atoms with Crippen molar-refractivity contribution in [2.75, 3.05) is 26.3 Å². The Morgan fingerprint density at radius 3 is 2.76 bits per heavy atom. The second-order valence-electron chi connectivity index (χ2n) is 10.5. The molecule has 42 heavy (non-hydrogen) atoms. The van der Waals surface area contributed by atoms with Crippen molar-refractivity contribution in [1.29, 1.82) is 5.26 Å². The number of aliphatic hydroxyl groups is 1. The van der Waals surface area contributed by atoms with Crippen molar-refractivity contribution in [1.82, 2.24) is 39.6 Å². The van der Waals surface area contributed by atoms with Gasteiger partial charge in [0.05, 0.1) is 58.8 Å². The lowest BCUT2D eigenvalue weighted by molar-refractivity contribution is 0.0582. The molecule has 0 radical (unpaired) electrons. The van der Waals surface area contributed by atoms with Gasteiger partial charge in [0, 0.05) is 25.5 Å². The van der Waals surface area contributed by atoms with Gasteiger partial charge in [-0.25, -0.2) is 13.5 Å². The summed E-state index contributed by atoms with van der Waals surface area (Å²) >= 11 is 0. The standard InChI is InChI=1S/C28H33F2N9O3/c1-15(14-40)39-23-12-38(13-24(29)30)11-16(2)42-28-25(17(3)35-37(28)5)22-10-20-21(33-34-26(20)18(4)32-22)7-6-19(23)27(36-39)41-9-8-31/h6-7,10,15-16,24,40H,9,11-14H2,1-5H3,(H,33,34)/b7-6+/t15-,16-/m0/s1. The maximum atomic E-state index is 13.9. The molecule has 222 valence electrons. The molecule has 2 N–H and O–H groups in total. The zero-order chi connectivity index (χ0) is 30.1. The number of pyridine rings is 1. The molecule has 0 spiro atoms. The molecule has 0 saturated heterocycles. The molecule has 1 aliphatic rings. The lowest BCUT2D eigenvalue weighted by atomic mass is 10.1. The van der Waals surface area contributed by atoms with Gasteiger partial charge in [-0.3, -0.25) is 19.7 Å². The number of aromatic nitrogens is 7. The van der Waals surface area contributed by atoms with Crippen LogP contribution in [-0.4, -0.2) is 83.6 Å². The van der Waals surface area contributed by atoms with Crippen LogP contribution in [-0.2, 0) is 13.6 Å². The number of H-pyrrole nitrogens is 1. The SMILES string of the molecule is Cc1nn(C)c2c1-c1cc3c([nH]nc3c(C)n1)/C=C/c1c(OCC#N)nn([C@@H](C)CO)c1CN(CC(F)F)C[C@H](C)O2.